The summed E-state index contributed by atoms with van der Waals surface area (Å²) in [5, 5.41) is 0. The summed E-state index contributed by atoms with van der Waals surface area (Å²) in [6.45, 7) is 0. The monoisotopic (exact) mass is 313 g/mol. The predicted octanol–water partition coefficient (Wildman–Crippen LogP) is 4.69. The Morgan fingerprint density at radius 3 is 2.21 bits per heavy atom. The fourth-order valence-electron chi connectivity index (χ4n) is 2.05. The van der Waals surface area contributed by atoms with Gasteiger partial charge in [-0.25, -0.2) is 4.98 Å². The molecule has 0 aliphatic heterocycles. The summed E-state index contributed by atoms with van der Waals surface area (Å²) in [5.74, 6) is 0.830. The molecule has 2 aromatic carbocycles. The Kier molecular flexibility index (Phi) is 3.47. The summed E-state index contributed by atoms with van der Waals surface area (Å²) in [7, 11) is 0. The van der Waals surface area contributed by atoms with Crippen LogP contribution in [0.1, 0.15) is 11.3 Å². The fraction of sp³-hybridized carbons (Fsp3) is 0.0625. The van der Waals surface area contributed by atoms with Gasteiger partial charge in [-0.15, -0.1) is 0 Å². The van der Waals surface area contributed by atoms with Gasteiger partial charge in [-0.05, 0) is 5.56 Å². The molecule has 0 unspecified atom stereocenters. The van der Waals surface area contributed by atoms with Gasteiger partial charge in [-0.1, -0.05) is 60.7 Å². The van der Waals surface area contributed by atoms with Crippen LogP contribution in [0.5, 0.6) is 0 Å². The first-order valence-corrected chi connectivity index (χ1v) is 6.87. The number of oxazole rings is 1. The van der Waals surface area contributed by atoms with Crippen molar-refractivity contribution >= 4 is 15.9 Å². The second-order valence-electron chi connectivity index (χ2n) is 4.27. The molecule has 1 aromatic heterocycles. The lowest BCUT2D eigenvalue weighted by Crippen LogP contribution is -1.90. The average molecular weight is 314 g/mol. The molecule has 1 heterocycles. The van der Waals surface area contributed by atoms with Gasteiger partial charge >= 0.3 is 0 Å². The number of benzene rings is 2. The van der Waals surface area contributed by atoms with Gasteiger partial charge in [0.1, 0.15) is 0 Å². The first-order chi connectivity index (χ1) is 9.33. The molecule has 0 saturated heterocycles. The lowest BCUT2D eigenvalue weighted by atomic mass is 10.1. The zero-order valence-corrected chi connectivity index (χ0v) is 11.8. The molecule has 3 aromatic rings. The van der Waals surface area contributed by atoms with Crippen LogP contribution in [0.2, 0.25) is 0 Å². The first-order valence-electron chi connectivity index (χ1n) is 6.07. The van der Waals surface area contributed by atoms with Gasteiger partial charge in [0.15, 0.2) is 5.76 Å². The Morgan fingerprint density at radius 1 is 0.895 bits per heavy atom. The van der Waals surface area contributed by atoms with Crippen LogP contribution in [0, 0.1) is 0 Å². The Hall–Kier alpha value is -1.87. The third kappa shape index (κ3) is 2.76. The maximum absolute atomic E-state index is 5.68. The van der Waals surface area contributed by atoms with Crippen molar-refractivity contribution in [1.82, 2.24) is 4.98 Å². The van der Waals surface area contributed by atoms with Crippen molar-refractivity contribution in [2.24, 2.45) is 0 Å². The lowest BCUT2D eigenvalue weighted by Gasteiger charge is -2.01. The molecule has 0 spiro atoms. The van der Waals surface area contributed by atoms with Crippen LogP contribution >= 0.6 is 15.9 Å². The van der Waals surface area contributed by atoms with E-state index in [-0.39, 0.29) is 0 Å². The summed E-state index contributed by atoms with van der Waals surface area (Å²) in [5.41, 5.74) is 3.22. The Balaban J connectivity index is 1.99. The molecule has 2 nitrogen and oxygen atoms in total. The summed E-state index contributed by atoms with van der Waals surface area (Å²) < 4.78 is 5.68. The molecule has 0 amide bonds. The van der Waals surface area contributed by atoms with Crippen LogP contribution in [-0.4, -0.2) is 4.98 Å². The van der Waals surface area contributed by atoms with E-state index in [1.165, 1.54) is 5.56 Å². The molecule has 3 heteroatoms. The van der Waals surface area contributed by atoms with Crippen molar-refractivity contribution in [2.75, 3.05) is 0 Å². The van der Waals surface area contributed by atoms with Gasteiger partial charge in [-0.3, -0.25) is 0 Å². The van der Waals surface area contributed by atoms with E-state index in [0.29, 0.717) is 4.80 Å². The fourth-order valence-corrected chi connectivity index (χ4v) is 2.42. The molecule has 0 atom stereocenters. The molecule has 0 fully saturated rings. The van der Waals surface area contributed by atoms with E-state index >= 15 is 0 Å². The topological polar surface area (TPSA) is 26.0 Å². The summed E-state index contributed by atoms with van der Waals surface area (Å²) in [4.78, 5) is 4.96. The third-order valence-electron chi connectivity index (χ3n) is 2.92. The normalized spacial score (nSPS) is 10.6. The van der Waals surface area contributed by atoms with Crippen molar-refractivity contribution in [2.45, 2.75) is 6.42 Å². The van der Waals surface area contributed by atoms with Crippen LogP contribution in [0.25, 0.3) is 11.3 Å². The zero-order valence-electron chi connectivity index (χ0n) is 10.2. The molecular formula is C16H12BrNO. The van der Waals surface area contributed by atoms with Crippen LogP contribution in [0.15, 0.2) is 69.9 Å². The standard InChI is InChI=1S/C16H12BrNO/c17-16-18-14(11-12-7-3-1-4-8-12)15(19-16)13-9-5-2-6-10-13/h1-10H,11H2. The van der Waals surface area contributed by atoms with Gasteiger partial charge in [-0.2, -0.15) is 0 Å². The Labute approximate surface area is 120 Å². The number of nitrogens with zero attached hydrogens (tertiary/aromatic N) is 1. The highest BCUT2D eigenvalue weighted by Crippen LogP contribution is 2.28. The van der Waals surface area contributed by atoms with E-state index in [2.05, 4.69) is 33.0 Å². The van der Waals surface area contributed by atoms with E-state index in [1.54, 1.807) is 0 Å². The number of rotatable bonds is 3. The molecule has 3 rings (SSSR count). The number of hydrogen-bond acceptors (Lipinski definition) is 2. The third-order valence-corrected chi connectivity index (χ3v) is 3.26. The zero-order chi connectivity index (χ0) is 13.1. The number of halogens is 1. The highest BCUT2D eigenvalue weighted by molar-refractivity contribution is 9.10. The van der Waals surface area contributed by atoms with Crippen LogP contribution in [0.3, 0.4) is 0 Å². The van der Waals surface area contributed by atoms with Crippen molar-refractivity contribution in [1.29, 1.82) is 0 Å². The SMILES string of the molecule is Brc1nc(Cc2ccccc2)c(-c2ccccc2)o1. The molecular weight excluding hydrogens is 302 g/mol. The molecule has 0 aliphatic rings. The summed E-state index contributed by atoms with van der Waals surface area (Å²) in [6, 6.07) is 20.3. The number of hydrogen-bond donors (Lipinski definition) is 0. The van der Waals surface area contributed by atoms with E-state index in [1.807, 2.05) is 48.5 Å². The average Bonchev–Trinajstić information content (AvgIpc) is 2.82. The van der Waals surface area contributed by atoms with Crippen molar-refractivity contribution in [3.8, 4) is 11.3 Å². The highest BCUT2D eigenvalue weighted by atomic mass is 79.9. The smallest absolute Gasteiger partial charge is 0.264 e. The summed E-state index contributed by atoms with van der Waals surface area (Å²) >= 11 is 3.32. The highest BCUT2D eigenvalue weighted by Gasteiger charge is 2.13. The molecule has 0 N–H and O–H groups in total. The first kappa shape index (κ1) is 12.2. The van der Waals surface area contributed by atoms with Gasteiger partial charge in [0.2, 0.25) is 0 Å². The van der Waals surface area contributed by atoms with Gasteiger partial charge < -0.3 is 4.42 Å². The van der Waals surface area contributed by atoms with E-state index in [4.69, 9.17) is 4.42 Å². The quantitative estimate of drug-likeness (QED) is 0.700. The van der Waals surface area contributed by atoms with E-state index in [9.17, 15) is 0 Å². The van der Waals surface area contributed by atoms with Crippen molar-refractivity contribution in [3.63, 3.8) is 0 Å². The molecule has 19 heavy (non-hydrogen) atoms. The van der Waals surface area contributed by atoms with Gasteiger partial charge in [0.25, 0.3) is 4.80 Å². The minimum absolute atomic E-state index is 0.525. The maximum Gasteiger partial charge on any atom is 0.264 e. The largest absolute Gasteiger partial charge is 0.431 e. The molecule has 0 bridgehead atoms. The minimum Gasteiger partial charge on any atom is -0.431 e. The Bertz CT molecular complexity index is 662. The van der Waals surface area contributed by atoms with Crippen molar-refractivity contribution < 1.29 is 4.42 Å². The van der Waals surface area contributed by atoms with E-state index < -0.39 is 0 Å². The molecule has 0 radical (unpaired) electrons. The van der Waals surface area contributed by atoms with Crippen LogP contribution in [0.4, 0.5) is 0 Å². The van der Waals surface area contributed by atoms with Crippen LogP contribution < -0.4 is 0 Å². The van der Waals surface area contributed by atoms with Gasteiger partial charge in [0, 0.05) is 27.9 Å². The lowest BCUT2D eigenvalue weighted by molar-refractivity contribution is 0.542. The molecule has 94 valence electrons. The van der Waals surface area contributed by atoms with E-state index in [0.717, 1.165) is 23.4 Å². The number of aromatic nitrogens is 1. The van der Waals surface area contributed by atoms with Crippen LogP contribution in [-0.2, 0) is 6.42 Å². The van der Waals surface area contributed by atoms with Crippen molar-refractivity contribution in [3.05, 3.63) is 76.7 Å². The minimum atomic E-state index is 0.525. The predicted molar refractivity (Wildman–Crippen MR) is 78.9 cm³/mol. The molecule has 0 saturated carbocycles. The molecule has 0 aliphatic carbocycles. The maximum atomic E-state index is 5.68. The Morgan fingerprint density at radius 2 is 1.53 bits per heavy atom. The second kappa shape index (κ2) is 5.41. The second-order valence-corrected chi connectivity index (χ2v) is 4.95. The van der Waals surface area contributed by atoms with Gasteiger partial charge in [0.05, 0.1) is 5.69 Å². The summed E-state index contributed by atoms with van der Waals surface area (Å²) in [6.07, 6.45) is 0.764.